The van der Waals surface area contributed by atoms with Gasteiger partial charge in [0.05, 0.1) is 6.54 Å². The maximum absolute atomic E-state index is 13.8. The van der Waals surface area contributed by atoms with Crippen LogP contribution in [0.1, 0.15) is 11.3 Å². The van der Waals surface area contributed by atoms with Crippen LogP contribution in [0.2, 0.25) is 0 Å². The van der Waals surface area contributed by atoms with Crippen molar-refractivity contribution in [2.24, 2.45) is 0 Å². The lowest BCUT2D eigenvalue weighted by Crippen LogP contribution is -2.06. The molecule has 0 unspecified atom stereocenters. The lowest BCUT2D eigenvalue weighted by atomic mass is 10.1. The zero-order valence-electron chi connectivity index (χ0n) is 10.9. The molecule has 6 heteroatoms. The second-order valence-corrected chi connectivity index (χ2v) is 4.39. The molecule has 5 nitrogen and oxygen atoms in total. The molecule has 21 heavy (non-hydrogen) atoms. The molecule has 0 saturated heterocycles. The molecule has 102 valence electrons. The van der Waals surface area contributed by atoms with Gasteiger partial charge in [0.2, 0.25) is 0 Å². The number of hydrogen-bond acceptors (Lipinski definition) is 4. The first-order valence-electron chi connectivity index (χ1n) is 6.27. The largest absolute Gasteiger partial charge is 0.264 e. The quantitative estimate of drug-likeness (QED) is 0.738. The van der Waals surface area contributed by atoms with E-state index in [0.29, 0.717) is 11.3 Å². The highest BCUT2D eigenvalue weighted by atomic mass is 19.1. The second-order valence-electron chi connectivity index (χ2n) is 4.39. The molecular weight excluding hydrogens is 269 g/mol. The third-order valence-electron chi connectivity index (χ3n) is 3.05. The molecule has 0 fully saturated rings. The maximum atomic E-state index is 13.8. The lowest BCUT2D eigenvalue weighted by molar-refractivity contribution is 0.579. The monoisotopic (exact) mass is 279 g/mol. The van der Waals surface area contributed by atoms with E-state index in [1.807, 2.05) is 12.1 Å². The Labute approximate surface area is 120 Å². The molecule has 0 aliphatic rings. The van der Waals surface area contributed by atoms with Gasteiger partial charge in [0.1, 0.15) is 17.6 Å². The molecule has 0 radical (unpaired) electrons. The molecule has 0 amide bonds. The first-order chi connectivity index (χ1) is 10.3. The van der Waals surface area contributed by atoms with E-state index < -0.39 is 0 Å². The second kappa shape index (κ2) is 5.51. The number of nitrogens with zero attached hydrogens (tertiary/aromatic N) is 5. The molecule has 0 bridgehead atoms. The van der Waals surface area contributed by atoms with Gasteiger partial charge < -0.3 is 0 Å². The number of aromatic nitrogens is 4. The molecule has 0 aliphatic heterocycles. The normalized spacial score (nSPS) is 10.3. The van der Waals surface area contributed by atoms with Crippen LogP contribution in [0.4, 0.5) is 4.39 Å². The highest BCUT2D eigenvalue weighted by molar-refractivity contribution is 5.63. The molecule has 0 spiro atoms. The number of pyridine rings is 1. The van der Waals surface area contributed by atoms with E-state index in [0.717, 1.165) is 5.56 Å². The van der Waals surface area contributed by atoms with Crippen molar-refractivity contribution < 1.29 is 4.39 Å². The van der Waals surface area contributed by atoms with Crippen molar-refractivity contribution >= 4 is 0 Å². The average Bonchev–Trinajstić information content (AvgIpc) is 2.93. The van der Waals surface area contributed by atoms with Crippen molar-refractivity contribution in [2.45, 2.75) is 6.54 Å². The Morgan fingerprint density at radius 2 is 2.05 bits per heavy atom. The molecule has 2 heterocycles. The van der Waals surface area contributed by atoms with E-state index in [4.69, 9.17) is 5.26 Å². The highest BCUT2D eigenvalue weighted by Gasteiger charge is 2.16. The molecular formula is C15H10FN5. The van der Waals surface area contributed by atoms with Gasteiger partial charge in [-0.05, 0) is 18.2 Å². The third kappa shape index (κ3) is 2.49. The summed E-state index contributed by atoms with van der Waals surface area (Å²) in [4.78, 5) is 4.03. The number of nitriles is 1. The van der Waals surface area contributed by atoms with E-state index >= 15 is 0 Å². The van der Waals surface area contributed by atoms with Gasteiger partial charge >= 0.3 is 0 Å². The predicted molar refractivity (Wildman–Crippen MR) is 73.5 cm³/mol. The summed E-state index contributed by atoms with van der Waals surface area (Å²) in [5, 5.41) is 16.9. The Hall–Kier alpha value is -3.07. The van der Waals surface area contributed by atoms with E-state index in [1.165, 1.54) is 10.7 Å². The van der Waals surface area contributed by atoms with E-state index in [-0.39, 0.29) is 18.1 Å². The van der Waals surface area contributed by atoms with Gasteiger partial charge in [-0.25, -0.2) is 9.07 Å². The maximum Gasteiger partial charge on any atom is 0.190 e. The van der Waals surface area contributed by atoms with Gasteiger partial charge in [-0.15, -0.1) is 5.10 Å². The number of hydrogen-bond donors (Lipinski definition) is 0. The number of rotatable bonds is 3. The Morgan fingerprint density at radius 3 is 2.76 bits per heavy atom. The van der Waals surface area contributed by atoms with Crippen molar-refractivity contribution in [2.75, 3.05) is 0 Å². The van der Waals surface area contributed by atoms with Gasteiger partial charge in [0.15, 0.2) is 5.69 Å². The first kappa shape index (κ1) is 12.9. The fraction of sp³-hybridized carbons (Fsp3) is 0.0667. The van der Waals surface area contributed by atoms with Gasteiger partial charge in [0, 0.05) is 23.5 Å². The van der Waals surface area contributed by atoms with Crippen molar-refractivity contribution in [3.8, 4) is 17.3 Å². The fourth-order valence-electron chi connectivity index (χ4n) is 2.08. The topological polar surface area (TPSA) is 67.4 Å². The van der Waals surface area contributed by atoms with Crippen molar-refractivity contribution in [1.82, 2.24) is 20.0 Å². The van der Waals surface area contributed by atoms with Crippen molar-refractivity contribution in [3.05, 3.63) is 65.9 Å². The summed E-state index contributed by atoms with van der Waals surface area (Å²) >= 11 is 0. The summed E-state index contributed by atoms with van der Waals surface area (Å²) in [6, 6.07) is 12.0. The zero-order chi connectivity index (χ0) is 14.7. The smallest absolute Gasteiger partial charge is 0.190 e. The minimum Gasteiger partial charge on any atom is -0.264 e. The molecule has 0 atom stereocenters. The van der Waals surface area contributed by atoms with E-state index in [9.17, 15) is 4.39 Å². The highest BCUT2D eigenvalue weighted by Crippen LogP contribution is 2.22. The van der Waals surface area contributed by atoms with E-state index in [1.54, 1.807) is 36.7 Å². The number of benzene rings is 1. The van der Waals surface area contributed by atoms with Gasteiger partial charge in [-0.2, -0.15) is 5.26 Å². The third-order valence-corrected chi connectivity index (χ3v) is 3.05. The molecule has 0 saturated carbocycles. The van der Waals surface area contributed by atoms with Crippen LogP contribution in [0, 0.1) is 17.1 Å². The van der Waals surface area contributed by atoms with Crippen LogP contribution in [0.3, 0.4) is 0 Å². The minimum absolute atomic E-state index is 0.194. The summed E-state index contributed by atoms with van der Waals surface area (Å²) in [5.41, 5.74) is 1.93. The summed E-state index contributed by atoms with van der Waals surface area (Å²) in [6.45, 7) is 0.200. The Balaban J connectivity index is 2.07. The van der Waals surface area contributed by atoms with Crippen LogP contribution < -0.4 is 0 Å². The van der Waals surface area contributed by atoms with Crippen LogP contribution >= 0.6 is 0 Å². The Kier molecular flexibility index (Phi) is 3.39. The van der Waals surface area contributed by atoms with Gasteiger partial charge in [-0.1, -0.05) is 23.4 Å². The van der Waals surface area contributed by atoms with Crippen LogP contribution in [-0.4, -0.2) is 20.0 Å². The first-order valence-corrected chi connectivity index (χ1v) is 6.27. The van der Waals surface area contributed by atoms with E-state index in [2.05, 4.69) is 15.3 Å². The van der Waals surface area contributed by atoms with Crippen LogP contribution in [-0.2, 0) is 6.54 Å². The fourth-order valence-corrected chi connectivity index (χ4v) is 2.08. The molecule has 2 aromatic heterocycles. The molecule has 3 aromatic rings. The average molecular weight is 279 g/mol. The van der Waals surface area contributed by atoms with Gasteiger partial charge in [0.25, 0.3) is 0 Å². The summed E-state index contributed by atoms with van der Waals surface area (Å²) in [7, 11) is 0. The SMILES string of the molecule is N#Cc1nnn(Cc2ccccc2F)c1-c1cccnc1. The van der Waals surface area contributed by atoms with Crippen LogP contribution in [0.25, 0.3) is 11.3 Å². The van der Waals surface area contributed by atoms with Crippen LogP contribution in [0.5, 0.6) is 0 Å². The Bertz CT molecular complexity index is 804. The number of halogens is 1. The summed E-state index contributed by atoms with van der Waals surface area (Å²) < 4.78 is 15.3. The molecule has 0 N–H and O–H groups in total. The van der Waals surface area contributed by atoms with Gasteiger partial charge in [-0.3, -0.25) is 4.98 Å². The molecule has 0 aliphatic carbocycles. The van der Waals surface area contributed by atoms with Crippen LogP contribution in [0.15, 0.2) is 48.8 Å². The Morgan fingerprint density at radius 1 is 1.19 bits per heavy atom. The predicted octanol–water partition coefficient (Wildman–Crippen LogP) is 2.40. The zero-order valence-corrected chi connectivity index (χ0v) is 10.9. The summed E-state index contributed by atoms with van der Waals surface area (Å²) in [5.74, 6) is -0.316. The summed E-state index contributed by atoms with van der Waals surface area (Å²) in [6.07, 6.45) is 3.26. The minimum atomic E-state index is -0.316. The molecule has 1 aromatic carbocycles. The van der Waals surface area contributed by atoms with Crippen molar-refractivity contribution in [3.63, 3.8) is 0 Å². The lowest BCUT2D eigenvalue weighted by Gasteiger charge is -2.07. The molecule has 3 rings (SSSR count). The van der Waals surface area contributed by atoms with Crippen molar-refractivity contribution in [1.29, 1.82) is 5.26 Å². The standard InChI is InChI=1S/C15H10FN5/c16-13-6-2-1-4-12(13)10-21-15(14(8-17)19-20-21)11-5-3-7-18-9-11/h1-7,9H,10H2.